The van der Waals surface area contributed by atoms with E-state index in [9.17, 15) is 0 Å². The predicted octanol–water partition coefficient (Wildman–Crippen LogP) is -0.827. The molecule has 5 rings (SSSR count). The van der Waals surface area contributed by atoms with E-state index in [-0.39, 0.29) is 58.9 Å². The minimum absolute atomic E-state index is 0. The van der Waals surface area contributed by atoms with Crippen molar-refractivity contribution in [2.24, 2.45) is 0 Å². The van der Waals surface area contributed by atoms with Crippen LogP contribution < -0.4 is 37.2 Å². The molecule has 0 aromatic heterocycles. The predicted molar refractivity (Wildman–Crippen MR) is 139 cm³/mol. The minimum Gasteiger partial charge on any atom is -1.00 e. The molecule has 1 aliphatic carbocycles. The summed E-state index contributed by atoms with van der Waals surface area (Å²) in [6.45, 7) is 6.55. The molecule has 0 fully saturated rings. The number of aryl methyl sites for hydroxylation is 3. The standard InChI is InChI=1S/C33H29.3ClH.Ti/c1-24-11-7-16-28(21-24)33(29-17-8-12-25(2)22-29,30-18-9-13-26(3)23-30)32-20-10-19-31(32)27-14-5-4-6-15-27;;;;/h4-9,11-18,20-23H,10H2,1-3H3;3*1H;/q-1;;;;+4/p-3. The van der Waals surface area contributed by atoms with E-state index >= 15 is 0 Å². The molecule has 0 N–H and O–H groups in total. The summed E-state index contributed by atoms with van der Waals surface area (Å²) in [4.78, 5) is 0. The minimum atomic E-state index is -0.432. The Morgan fingerprint density at radius 2 is 1.00 bits per heavy atom. The second kappa shape index (κ2) is 14.2. The van der Waals surface area contributed by atoms with Gasteiger partial charge in [-0.2, -0.15) is 11.6 Å². The molecule has 0 saturated heterocycles. The Bertz CT molecular complexity index is 1260. The Morgan fingerprint density at radius 1 is 0.568 bits per heavy atom. The molecule has 1 aliphatic rings. The van der Waals surface area contributed by atoms with Crippen molar-refractivity contribution in [1.29, 1.82) is 0 Å². The first-order chi connectivity index (χ1) is 16.1. The molecule has 4 aromatic rings. The monoisotopic (exact) mass is 578 g/mol. The van der Waals surface area contributed by atoms with Crippen LogP contribution in [0.4, 0.5) is 0 Å². The zero-order valence-electron chi connectivity index (χ0n) is 21.2. The van der Waals surface area contributed by atoms with Crippen LogP contribution in [0.2, 0.25) is 0 Å². The molecule has 0 radical (unpaired) electrons. The van der Waals surface area contributed by atoms with E-state index in [1.54, 1.807) is 0 Å². The number of hydrogen-bond acceptors (Lipinski definition) is 0. The van der Waals surface area contributed by atoms with Gasteiger partial charge in [0.05, 0.1) is 0 Å². The third-order valence-electron chi connectivity index (χ3n) is 6.67. The van der Waals surface area contributed by atoms with Crippen molar-refractivity contribution in [2.75, 3.05) is 0 Å². The molecular formula is C33H29Cl3Ti. The van der Waals surface area contributed by atoms with Gasteiger partial charge >= 0.3 is 21.7 Å². The van der Waals surface area contributed by atoms with Crippen LogP contribution in [0, 0.1) is 26.8 Å². The maximum absolute atomic E-state index is 3.71. The van der Waals surface area contributed by atoms with Gasteiger partial charge in [-0.25, -0.2) is 0 Å². The number of allylic oxidation sites excluding steroid dienone is 4. The molecule has 0 amide bonds. The van der Waals surface area contributed by atoms with Gasteiger partial charge in [-0.15, -0.1) is 29.3 Å². The summed E-state index contributed by atoms with van der Waals surface area (Å²) in [5.74, 6) is 0. The maximum atomic E-state index is 3.71. The van der Waals surface area contributed by atoms with Crippen LogP contribution in [0.25, 0.3) is 5.57 Å². The molecule has 4 heteroatoms. The fraction of sp³-hybridized carbons (Fsp3) is 0.152. The van der Waals surface area contributed by atoms with E-state index in [1.807, 2.05) is 0 Å². The SMILES string of the molecule is Cc1cccc(C(C2=CC[C-]=C2c2ccccc2)(c2cccc(C)c2)c2cccc(C)c2)c1.[Cl-].[Cl-].[Cl-].[Ti+4]. The van der Waals surface area contributed by atoms with E-state index in [0.717, 1.165) is 6.42 Å². The van der Waals surface area contributed by atoms with Gasteiger partial charge in [0, 0.05) is 5.41 Å². The average molecular weight is 580 g/mol. The third-order valence-corrected chi connectivity index (χ3v) is 6.67. The van der Waals surface area contributed by atoms with Crippen LogP contribution in [0.15, 0.2) is 115 Å². The second-order valence-electron chi connectivity index (χ2n) is 9.10. The molecule has 0 heterocycles. The van der Waals surface area contributed by atoms with Crippen LogP contribution in [-0.4, -0.2) is 0 Å². The fourth-order valence-corrected chi connectivity index (χ4v) is 5.26. The van der Waals surface area contributed by atoms with Crippen molar-refractivity contribution < 1.29 is 58.9 Å². The van der Waals surface area contributed by atoms with Gasteiger partial charge in [-0.1, -0.05) is 114 Å². The summed E-state index contributed by atoms with van der Waals surface area (Å²) in [5, 5.41) is 0. The second-order valence-corrected chi connectivity index (χ2v) is 9.10. The summed E-state index contributed by atoms with van der Waals surface area (Å²) in [7, 11) is 0. The van der Waals surface area contributed by atoms with Crippen molar-refractivity contribution in [1.82, 2.24) is 0 Å². The summed E-state index contributed by atoms with van der Waals surface area (Å²) < 4.78 is 0. The number of hydrogen-bond donors (Lipinski definition) is 0. The van der Waals surface area contributed by atoms with E-state index < -0.39 is 5.41 Å². The Labute approximate surface area is 255 Å². The zero-order valence-corrected chi connectivity index (χ0v) is 25.1. The van der Waals surface area contributed by atoms with Crippen molar-refractivity contribution >= 4 is 5.57 Å². The zero-order chi connectivity index (χ0) is 22.8. The molecule has 0 nitrogen and oxygen atoms in total. The van der Waals surface area contributed by atoms with E-state index in [1.165, 1.54) is 50.1 Å². The van der Waals surface area contributed by atoms with Crippen LogP contribution in [0.3, 0.4) is 0 Å². The van der Waals surface area contributed by atoms with E-state index in [4.69, 9.17) is 0 Å². The topological polar surface area (TPSA) is 0 Å². The first kappa shape index (κ1) is 33.0. The Hall–Kier alpha value is -2.06. The average Bonchev–Trinajstić information content (AvgIpc) is 3.31. The molecule has 0 aliphatic heterocycles. The summed E-state index contributed by atoms with van der Waals surface area (Å²) in [6, 6.07) is 37.8. The molecule has 186 valence electrons. The number of halogens is 3. The normalized spacial score (nSPS) is 12.1. The van der Waals surface area contributed by atoms with Crippen LogP contribution in [0.1, 0.15) is 45.4 Å². The molecular weight excluding hydrogens is 551 g/mol. The number of rotatable bonds is 5. The Morgan fingerprint density at radius 3 is 1.41 bits per heavy atom. The maximum Gasteiger partial charge on any atom is 4.00 e. The molecule has 4 aromatic carbocycles. The van der Waals surface area contributed by atoms with E-state index in [2.05, 4.69) is 136 Å². The van der Waals surface area contributed by atoms with Gasteiger partial charge in [0.25, 0.3) is 0 Å². The fourth-order valence-electron chi connectivity index (χ4n) is 5.26. The quantitative estimate of drug-likeness (QED) is 0.165. The van der Waals surface area contributed by atoms with Gasteiger partial charge in [-0.3, -0.25) is 0 Å². The molecule has 0 saturated carbocycles. The van der Waals surface area contributed by atoms with Crippen molar-refractivity contribution in [2.45, 2.75) is 32.6 Å². The molecule has 0 atom stereocenters. The van der Waals surface area contributed by atoms with Gasteiger partial charge in [-0.05, 0) is 37.5 Å². The third kappa shape index (κ3) is 6.33. The molecule has 37 heavy (non-hydrogen) atoms. The van der Waals surface area contributed by atoms with E-state index in [0.29, 0.717) is 0 Å². The van der Waals surface area contributed by atoms with Gasteiger partial charge < -0.3 is 37.2 Å². The van der Waals surface area contributed by atoms with Crippen LogP contribution >= 0.6 is 0 Å². The largest absolute Gasteiger partial charge is 4.00 e. The van der Waals surface area contributed by atoms with Crippen molar-refractivity contribution in [3.63, 3.8) is 0 Å². The summed E-state index contributed by atoms with van der Waals surface area (Å²) in [5.41, 5.74) is 11.0. The first-order valence-electron chi connectivity index (χ1n) is 11.7. The molecule has 0 spiro atoms. The smallest absolute Gasteiger partial charge is 1.00 e. The Kier molecular flexibility index (Phi) is 12.7. The molecule has 0 unspecified atom stereocenters. The number of benzene rings is 4. The van der Waals surface area contributed by atoms with Crippen molar-refractivity contribution in [3.8, 4) is 0 Å². The first-order valence-corrected chi connectivity index (χ1v) is 11.7. The van der Waals surface area contributed by atoms with Gasteiger partial charge in [0.2, 0.25) is 0 Å². The summed E-state index contributed by atoms with van der Waals surface area (Å²) in [6.07, 6.45) is 6.91. The Balaban J connectivity index is 0.00000171. The molecule has 0 bridgehead atoms. The van der Waals surface area contributed by atoms with Gasteiger partial charge in [0.15, 0.2) is 0 Å². The van der Waals surface area contributed by atoms with Gasteiger partial charge in [0.1, 0.15) is 0 Å². The van der Waals surface area contributed by atoms with Crippen molar-refractivity contribution in [3.05, 3.63) is 160 Å². The van der Waals surface area contributed by atoms with Crippen LogP contribution in [0.5, 0.6) is 0 Å². The summed E-state index contributed by atoms with van der Waals surface area (Å²) >= 11 is 0. The van der Waals surface area contributed by atoms with Crippen LogP contribution in [-0.2, 0) is 27.1 Å².